The van der Waals surface area contributed by atoms with Crippen LogP contribution in [0.1, 0.15) is 117 Å². The van der Waals surface area contributed by atoms with Gasteiger partial charge in [-0.3, -0.25) is 10.6 Å². The third-order valence-corrected chi connectivity index (χ3v) is 7.58. The van der Waals surface area contributed by atoms with Crippen molar-refractivity contribution in [3.63, 3.8) is 0 Å². The zero-order chi connectivity index (χ0) is 30.7. The topological polar surface area (TPSA) is 83.1 Å². The average molecular weight is 591 g/mol. The highest BCUT2D eigenvalue weighted by Gasteiger charge is 2.08. The Hall–Kier alpha value is -2.32. The average Bonchev–Trinajstić information content (AvgIpc) is 2.97. The van der Waals surface area contributed by atoms with Crippen molar-refractivity contribution in [3.8, 4) is 0 Å². The molecular formula is C34H62N4O4. The fraction of sp³-hybridized carbons (Fsp3) is 0.765. The molecular weight excluding hydrogens is 528 g/mol. The lowest BCUT2D eigenvalue weighted by molar-refractivity contribution is 0.145. The van der Waals surface area contributed by atoms with E-state index in [9.17, 15) is 9.59 Å². The smallest absolute Gasteiger partial charge is 0.411 e. The van der Waals surface area contributed by atoms with Gasteiger partial charge in [0.1, 0.15) is 13.2 Å². The summed E-state index contributed by atoms with van der Waals surface area (Å²) in [6, 6.07) is 6.90. The van der Waals surface area contributed by atoms with Gasteiger partial charge in [-0.1, -0.05) is 104 Å². The summed E-state index contributed by atoms with van der Waals surface area (Å²) in [7, 11) is 4.13. The fourth-order valence-electron chi connectivity index (χ4n) is 4.79. The number of carbonyl (C=O) groups excluding carboxylic acids is 2. The van der Waals surface area contributed by atoms with Gasteiger partial charge in [0.15, 0.2) is 0 Å². The number of hydrogen-bond acceptors (Lipinski definition) is 6. The Balaban J connectivity index is 2.08. The first-order valence-electron chi connectivity index (χ1n) is 16.8. The highest BCUT2D eigenvalue weighted by molar-refractivity contribution is 5.87. The summed E-state index contributed by atoms with van der Waals surface area (Å²) in [6.07, 6.45) is 20.0. The fourth-order valence-corrected chi connectivity index (χ4v) is 4.79. The Morgan fingerprint density at radius 3 is 1.17 bits per heavy atom. The van der Waals surface area contributed by atoms with Crippen LogP contribution in [0.25, 0.3) is 0 Å². The van der Waals surface area contributed by atoms with Gasteiger partial charge in [-0.15, -0.1) is 0 Å². The van der Waals surface area contributed by atoms with Crippen molar-refractivity contribution in [1.29, 1.82) is 0 Å². The second-order valence-corrected chi connectivity index (χ2v) is 11.7. The van der Waals surface area contributed by atoms with Gasteiger partial charge in [-0.25, -0.2) is 9.59 Å². The maximum absolute atomic E-state index is 12.1. The number of anilines is 2. The van der Waals surface area contributed by atoms with E-state index in [1.165, 1.54) is 103 Å². The van der Waals surface area contributed by atoms with E-state index < -0.39 is 12.2 Å². The molecule has 0 aliphatic heterocycles. The highest BCUT2D eigenvalue weighted by Crippen LogP contribution is 2.14. The lowest BCUT2D eigenvalue weighted by atomic mass is 10.1. The zero-order valence-corrected chi connectivity index (χ0v) is 27.4. The number of hydrogen-bond donors (Lipinski definition) is 2. The Labute approximate surface area is 257 Å². The van der Waals surface area contributed by atoms with Crippen molar-refractivity contribution in [2.45, 2.75) is 117 Å². The van der Waals surface area contributed by atoms with E-state index in [1.807, 2.05) is 0 Å². The van der Waals surface area contributed by atoms with Gasteiger partial charge < -0.3 is 19.3 Å². The first-order valence-corrected chi connectivity index (χ1v) is 16.8. The third kappa shape index (κ3) is 22.3. The predicted molar refractivity (Wildman–Crippen MR) is 177 cm³/mol. The molecule has 0 aliphatic carbocycles. The molecule has 8 nitrogen and oxygen atoms in total. The summed E-state index contributed by atoms with van der Waals surface area (Å²) in [4.78, 5) is 28.7. The van der Waals surface area contributed by atoms with Gasteiger partial charge in [0.25, 0.3) is 0 Å². The molecule has 0 unspecified atom stereocenters. The van der Waals surface area contributed by atoms with Crippen molar-refractivity contribution in [1.82, 2.24) is 9.80 Å². The van der Waals surface area contributed by atoms with E-state index in [4.69, 9.17) is 9.47 Å². The summed E-state index contributed by atoms with van der Waals surface area (Å²) < 4.78 is 10.7. The molecule has 1 aromatic rings. The molecule has 1 rings (SSSR count). The molecule has 0 spiro atoms. The Bertz CT molecular complexity index is 725. The van der Waals surface area contributed by atoms with Gasteiger partial charge in [-0.2, -0.15) is 0 Å². The molecule has 8 heteroatoms. The number of benzene rings is 1. The molecule has 2 N–H and O–H groups in total. The zero-order valence-electron chi connectivity index (χ0n) is 27.4. The number of unbranched alkanes of at least 4 members (excludes halogenated alkanes) is 14. The van der Waals surface area contributed by atoms with Crippen molar-refractivity contribution in [3.05, 3.63) is 24.3 Å². The standard InChI is InChI=1S/C34H62N4O4/c1-5-7-9-11-13-15-17-19-25-37(3)27-29-41-33(39)35-31-21-23-32(24-22-31)36-34(40)42-30-28-38(4)26-20-18-16-14-12-10-8-6-2/h21-24H,5-20,25-30H2,1-4H3,(H,35,39)(H,36,40). The maximum Gasteiger partial charge on any atom is 0.411 e. The van der Waals surface area contributed by atoms with Crippen LogP contribution in [-0.2, 0) is 9.47 Å². The second kappa shape index (κ2) is 26.3. The molecule has 0 aromatic heterocycles. The Morgan fingerprint density at radius 2 is 0.833 bits per heavy atom. The number of carbonyl (C=O) groups is 2. The molecule has 42 heavy (non-hydrogen) atoms. The third-order valence-electron chi connectivity index (χ3n) is 7.58. The molecule has 2 amide bonds. The summed E-state index contributed by atoms with van der Waals surface area (Å²) in [5, 5.41) is 5.46. The minimum absolute atomic E-state index is 0.346. The van der Waals surface area contributed by atoms with Gasteiger partial charge in [0.05, 0.1) is 0 Å². The van der Waals surface area contributed by atoms with Crippen LogP contribution in [0.15, 0.2) is 24.3 Å². The van der Waals surface area contributed by atoms with Crippen LogP contribution >= 0.6 is 0 Å². The Kier molecular flexibility index (Phi) is 23.6. The molecule has 0 atom stereocenters. The number of rotatable bonds is 26. The lowest BCUT2D eigenvalue weighted by Gasteiger charge is -2.17. The van der Waals surface area contributed by atoms with Crippen molar-refractivity contribution in [2.75, 3.05) is 64.1 Å². The van der Waals surface area contributed by atoms with E-state index in [0.717, 1.165) is 13.1 Å². The minimum atomic E-state index is -0.480. The van der Waals surface area contributed by atoms with Crippen molar-refractivity contribution in [2.24, 2.45) is 0 Å². The summed E-state index contributed by atoms with van der Waals surface area (Å²) in [6.45, 7) is 8.66. The summed E-state index contributed by atoms with van der Waals surface area (Å²) in [5.74, 6) is 0. The van der Waals surface area contributed by atoms with Crippen LogP contribution in [0.3, 0.4) is 0 Å². The van der Waals surface area contributed by atoms with Crippen LogP contribution in [0.4, 0.5) is 21.0 Å². The SMILES string of the molecule is CCCCCCCCCCN(C)CCOC(=O)Nc1ccc(NC(=O)OCCN(C)CCCCCCCCCC)cc1. The van der Waals surface area contributed by atoms with Crippen LogP contribution < -0.4 is 10.6 Å². The van der Waals surface area contributed by atoms with Gasteiger partial charge in [0.2, 0.25) is 0 Å². The molecule has 0 heterocycles. The molecule has 0 bridgehead atoms. The molecule has 0 saturated carbocycles. The van der Waals surface area contributed by atoms with Gasteiger partial charge >= 0.3 is 12.2 Å². The van der Waals surface area contributed by atoms with Gasteiger partial charge in [0, 0.05) is 24.5 Å². The molecule has 0 radical (unpaired) electrons. The van der Waals surface area contributed by atoms with E-state index in [2.05, 4.69) is 48.4 Å². The molecule has 0 fully saturated rings. The van der Waals surface area contributed by atoms with E-state index in [0.29, 0.717) is 37.7 Å². The predicted octanol–water partition coefficient (Wildman–Crippen LogP) is 8.93. The van der Waals surface area contributed by atoms with E-state index in [-0.39, 0.29) is 0 Å². The number of ether oxygens (including phenoxy) is 2. The summed E-state index contributed by atoms with van der Waals surface area (Å²) in [5.41, 5.74) is 1.21. The van der Waals surface area contributed by atoms with Gasteiger partial charge in [-0.05, 0) is 64.3 Å². The van der Waals surface area contributed by atoms with E-state index in [1.54, 1.807) is 24.3 Å². The van der Waals surface area contributed by atoms with Crippen molar-refractivity contribution >= 4 is 23.6 Å². The molecule has 242 valence electrons. The molecule has 0 saturated heterocycles. The molecule has 0 aliphatic rings. The normalized spacial score (nSPS) is 11.2. The maximum atomic E-state index is 12.1. The van der Waals surface area contributed by atoms with E-state index >= 15 is 0 Å². The largest absolute Gasteiger partial charge is 0.448 e. The first-order chi connectivity index (χ1) is 20.4. The number of nitrogens with one attached hydrogen (secondary N) is 2. The minimum Gasteiger partial charge on any atom is -0.448 e. The van der Waals surface area contributed by atoms with Crippen LogP contribution in [0, 0.1) is 0 Å². The van der Waals surface area contributed by atoms with Crippen LogP contribution in [0.2, 0.25) is 0 Å². The number of likely N-dealkylation sites (N-methyl/N-ethyl adjacent to an activating group) is 2. The molecule has 1 aromatic carbocycles. The van der Waals surface area contributed by atoms with Crippen molar-refractivity contribution < 1.29 is 19.1 Å². The second-order valence-electron chi connectivity index (χ2n) is 11.7. The highest BCUT2D eigenvalue weighted by atomic mass is 16.6. The quantitative estimate of drug-likeness (QED) is 0.105. The van der Waals surface area contributed by atoms with Crippen LogP contribution in [-0.4, -0.2) is 75.5 Å². The lowest BCUT2D eigenvalue weighted by Crippen LogP contribution is -2.26. The number of nitrogens with zero attached hydrogens (tertiary/aromatic N) is 2. The first kappa shape index (κ1) is 37.7. The summed E-state index contributed by atoms with van der Waals surface area (Å²) >= 11 is 0. The Morgan fingerprint density at radius 1 is 0.524 bits per heavy atom. The monoisotopic (exact) mass is 590 g/mol. The number of amides is 2. The van der Waals surface area contributed by atoms with Crippen LogP contribution in [0.5, 0.6) is 0 Å².